The lowest BCUT2D eigenvalue weighted by Gasteiger charge is -2.41. The number of ketones is 1. The minimum Gasteiger partial charge on any atom is -1.00 e. The van der Waals surface area contributed by atoms with Crippen molar-refractivity contribution in [1.29, 1.82) is 0 Å². The molecule has 1 saturated carbocycles. The first-order chi connectivity index (χ1) is 14.5. The van der Waals surface area contributed by atoms with Crippen molar-refractivity contribution in [3.8, 4) is 0 Å². The third-order valence-corrected chi connectivity index (χ3v) is 7.45. The van der Waals surface area contributed by atoms with Crippen molar-refractivity contribution in [3.63, 3.8) is 0 Å². The highest BCUT2D eigenvalue weighted by molar-refractivity contribution is 5.96. The average molecular weight is 542 g/mol. The first-order valence-electron chi connectivity index (χ1n) is 12.9. The van der Waals surface area contributed by atoms with Crippen LogP contribution < -0.4 is 24.0 Å². The fraction of sp³-hybridized carbons (Fsp3) is 0.750. The van der Waals surface area contributed by atoms with Gasteiger partial charge in [-0.1, -0.05) is 83.1 Å². The number of hydrogen-bond acceptors (Lipinski definition) is 1. The minimum atomic E-state index is 0. The lowest BCUT2D eigenvalue weighted by atomic mass is 9.80. The van der Waals surface area contributed by atoms with Crippen LogP contribution in [0.15, 0.2) is 24.3 Å². The van der Waals surface area contributed by atoms with Gasteiger partial charge in [-0.3, -0.25) is 4.79 Å². The molecule has 0 unspecified atom stereocenters. The van der Waals surface area contributed by atoms with Gasteiger partial charge in [0.05, 0.1) is 26.7 Å². The highest BCUT2D eigenvalue weighted by Crippen LogP contribution is 2.36. The predicted octanol–water partition coefficient (Wildman–Crippen LogP) is 4.92. The summed E-state index contributed by atoms with van der Waals surface area (Å²) >= 11 is 0. The maximum Gasteiger partial charge on any atom is 0.162 e. The number of halogens is 1. The highest BCUT2D eigenvalue weighted by atomic mass is 127. The van der Waals surface area contributed by atoms with E-state index in [1.54, 1.807) is 0 Å². The Morgan fingerprint density at radius 1 is 0.806 bits per heavy atom. The predicted molar refractivity (Wildman–Crippen MR) is 130 cm³/mol. The van der Waals surface area contributed by atoms with Crippen molar-refractivity contribution >= 4 is 5.78 Å². The van der Waals surface area contributed by atoms with Gasteiger partial charge in [0.25, 0.3) is 0 Å². The van der Waals surface area contributed by atoms with Crippen molar-refractivity contribution in [2.75, 3.05) is 20.6 Å². The van der Waals surface area contributed by atoms with Gasteiger partial charge in [-0.25, -0.2) is 0 Å². The number of Topliss-reactive ketones (excluding diaryl/α,β-unsaturated/α-hetero) is 1. The number of hydrogen-bond donors (Lipinski definition) is 0. The highest BCUT2D eigenvalue weighted by Gasteiger charge is 2.32. The number of rotatable bonds is 14. The van der Waals surface area contributed by atoms with Gasteiger partial charge in [0.15, 0.2) is 5.78 Å². The Morgan fingerprint density at radius 2 is 1.35 bits per heavy atom. The molecule has 1 aromatic carbocycles. The van der Waals surface area contributed by atoms with Gasteiger partial charge in [-0.15, -0.1) is 0 Å². The SMILES string of the molecule is CCCCCCCCCCC(=O)c1ccc(C2CCC([N+](C)(C)CCC)CC2)cc1.[I-]. The number of benzene rings is 1. The van der Waals surface area contributed by atoms with E-state index < -0.39 is 0 Å². The first kappa shape index (κ1) is 28.6. The van der Waals surface area contributed by atoms with Crippen LogP contribution in [0.25, 0.3) is 0 Å². The molecule has 1 aliphatic rings. The van der Waals surface area contributed by atoms with E-state index in [0.29, 0.717) is 18.1 Å². The molecule has 0 spiro atoms. The second kappa shape index (κ2) is 15.4. The summed E-state index contributed by atoms with van der Waals surface area (Å²) < 4.78 is 1.18. The number of unbranched alkanes of at least 4 members (excludes halogenated alkanes) is 7. The zero-order valence-electron chi connectivity index (χ0n) is 20.8. The number of quaternary nitrogens is 1. The number of nitrogens with zero attached hydrogens (tertiary/aromatic N) is 1. The molecule has 2 rings (SSSR count). The van der Waals surface area contributed by atoms with Gasteiger partial charge in [-0.05, 0) is 37.2 Å². The maximum atomic E-state index is 12.5. The van der Waals surface area contributed by atoms with Crippen molar-refractivity contribution in [2.45, 2.75) is 116 Å². The lowest BCUT2D eigenvalue weighted by Crippen LogP contribution is -3.00. The van der Waals surface area contributed by atoms with Crippen LogP contribution in [-0.4, -0.2) is 36.9 Å². The van der Waals surface area contributed by atoms with Crippen LogP contribution in [0.3, 0.4) is 0 Å². The molecule has 0 amide bonds. The topological polar surface area (TPSA) is 17.1 Å². The second-order valence-electron chi connectivity index (χ2n) is 10.3. The van der Waals surface area contributed by atoms with E-state index in [2.05, 4.69) is 52.2 Å². The van der Waals surface area contributed by atoms with Crippen molar-refractivity contribution in [3.05, 3.63) is 35.4 Å². The standard InChI is InChI=1S/C28H48NO.HI/c1-5-7-8-9-10-11-12-13-14-28(30)26-17-15-24(16-18-26)25-19-21-27(22-20-25)29(3,4)23-6-2;/h15-18,25,27H,5-14,19-23H2,1-4H3;1H/q+1;/p-1. The van der Waals surface area contributed by atoms with Gasteiger partial charge >= 0.3 is 0 Å². The summed E-state index contributed by atoms with van der Waals surface area (Å²) in [7, 11) is 4.81. The molecule has 31 heavy (non-hydrogen) atoms. The zero-order valence-corrected chi connectivity index (χ0v) is 23.0. The fourth-order valence-corrected chi connectivity index (χ4v) is 5.37. The van der Waals surface area contributed by atoms with E-state index in [9.17, 15) is 4.79 Å². The van der Waals surface area contributed by atoms with Crippen LogP contribution in [0.2, 0.25) is 0 Å². The average Bonchev–Trinajstić information content (AvgIpc) is 2.75. The third kappa shape index (κ3) is 9.94. The van der Waals surface area contributed by atoms with E-state index in [4.69, 9.17) is 0 Å². The van der Waals surface area contributed by atoms with Gasteiger partial charge < -0.3 is 28.5 Å². The molecule has 3 heteroatoms. The van der Waals surface area contributed by atoms with E-state index in [1.165, 1.54) is 93.6 Å². The monoisotopic (exact) mass is 541 g/mol. The molecule has 0 atom stereocenters. The Labute approximate surface area is 210 Å². The summed E-state index contributed by atoms with van der Waals surface area (Å²) in [6.07, 6.45) is 17.5. The fourth-order valence-electron chi connectivity index (χ4n) is 5.37. The van der Waals surface area contributed by atoms with Crippen molar-refractivity contribution in [2.24, 2.45) is 0 Å². The molecule has 1 fully saturated rings. The molecule has 2 nitrogen and oxygen atoms in total. The molecular formula is C28H48INO. The molecule has 0 N–H and O–H groups in total. The first-order valence-corrected chi connectivity index (χ1v) is 12.9. The number of carbonyl (C=O) groups excluding carboxylic acids is 1. The van der Waals surface area contributed by atoms with Gasteiger partial charge in [0.1, 0.15) is 0 Å². The van der Waals surface area contributed by atoms with Crippen molar-refractivity contribution in [1.82, 2.24) is 0 Å². The van der Waals surface area contributed by atoms with Crippen LogP contribution >= 0.6 is 0 Å². The van der Waals surface area contributed by atoms with E-state index >= 15 is 0 Å². The van der Waals surface area contributed by atoms with Crippen LogP contribution in [0.4, 0.5) is 0 Å². The molecule has 1 aromatic rings. The summed E-state index contributed by atoms with van der Waals surface area (Å²) in [5.74, 6) is 1.01. The van der Waals surface area contributed by atoms with E-state index in [0.717, 1.165) is 18.0 Å². The largest absolute Gasteiger partial charge is 1.00 e. The Bertz CT molecular complexity index is 602. The maximum absolute atomic E-state index is 12.5. The lowest BCUT2D eigenvalue weighted by molar-refractivity contribution is -0.916. The molecular weight excluding hydrogens is 493 g/mol. The zero-order chi connectivity index (χ0) is 21.8. The summed E-state index contributed by atoms with van der Waals surface area (Å²) in [6, 6.07) is 9.46. The van der Waals surface area contributed by atoms with Crippen molar-refractivity contribution < 1.29 is 33.3 Å². The van der Waals surface area contributed by atoms with E-state index in [1.807, 2.05) is 0 Å². The quantitative estimate of drug-likeness (QED) is 0.142. The van der Waals surface area contributed by atoms with Gasteiger partial charge in [0.2, 0.25) is 0 Å². The van der Waals surface area contributed by atoms with Crippen LogP contribution in [0.1, 0.15) is 126 Å². The summed E-state index contributed by atoms with van der Waals surface area (Å²) in [4.78, 5) is 12.5. The Kier molecular flexibility index (Phi) is 14.2. The van der Waals surface area contributed by atoms with Crippen LogP contribution in [-0.2, 0) is 0 Å². The molecule has 0 bridgehead atoms. The Balaban J connectivity index is 0.00000480. The summed E-state index contributed by atoms with van der Waals surface area (Å²) in [6.45, 7) is 5.84. The molecule has 0 aromatic heterocycles. The normalized spacial score (nSPS) is 19.1. The van der Waals surface area contributed by atoms with Crippen LogP contribution in [0.5, 0.6) is 0 Å². The summed E-state index contributed by atoms with van der Waals surface area (Å²) in [5.41, 5.74) is 2.36. The second-order valence-corrected chi connectivity index (χ2v) is 10.3. The smallest absolute Gasteiger partial charge is 0.162 e. The third-order valence-electron chi connectivity index (χ3n) is 7.45. The molecule has 1 aliphatic carbocycles. The minimum absolute atomic E-state index is 0. The Morgan fingerprint density at radius 3 is 1.90 bits per heavy atom. The van der Waals surface area contributed by atoms with E-state index in [-0.39, 0.29) is 24.0 Å². The molecule has 0 radical (unpaired) electrons. The molecule has 0 saturated heterocycles. The molecule has 0 aliphatic heterocycles. The van der Waals surface area contributed by atoms with Gasteiger partial charge in [0, 0.05) is 24.8 Å². The van der Waals surface area contributed by atoms with Gasteiger partial charge in [-0.2, -0.15) is 0 Å². The molecule has 178 valence electrons. The van der Waals surface area contributed by atoms with Crippen LogP contribution in [0, 0.1) is 0 Å². The summed E-state index contributed by atoms with van der Waals surface area (Å²) in [5, 5.41) is 0. The number of carbonyl (C=O) groups is 1. The Hall–Kier alpha value is -0.420. The molecule has 0 heterocycles.